The van der Waals surface area contributed by atoms with Crippen LogP contribution in [0.5, 0.6) is 0 Å². The van der Waals surface area contributed by atoms with Gasteiger partial charge in [0.2, 0.25) is 0 Å². The normalized spacial score (nSPS) is 11.5. The number of esters is 1. The number of methoxy groups -OCH3 is 1. The summed E-state index contributed by atoms with van der Waals surface area (Å²) >= 11 is 0. The number of amides is 1. The summed E-state index contributed by atoms with van der Waals surface area (Å²) in [7, 11) is 1.32. The Bertz CT molecular complexity index is 767. The molecular weight excluding hydrogens is 304 g/mol. The minimum absolute atomic E-state index is 0.0296. The third kappa shape index (κ3) is 4.35. The number of rotatable bonds is 4. The topological polar surface area (TPSA) is 60.3 Å². The first-order valence-corrected chi connectivity index (χ1v) is 7.66. The van der Waals surface area contributed by atoms with E-state index < -0.39 is 5.97 Å². The standard InChI is InChI=1S/C19H22N2O3/c1-19(2,3)15-8-5-7-14(13-15)18(23)20-21-12-6-9-16(21)10-11-17(22)24-4/h5-13H,1-4H3,(H,20,23). The fraction of sp³-hybridized carbons (Fsp3) is 0.263. The zero-order valence-electron chi connectivity index (χ0n) is 14.4. The van der Waals surface area contributed by atoms with Crippen molar-refractivity contribution >= 4 is 18.0 Å². The first-order valence-electron chi connectivity index (χ1n) is 7.66. The van der Waals surface area contributed by atoms with Gasteiger partial charge in [-0.2, -0.15) is 0 Å². The minimum atomic E-state index is -0.452. The van der Waals surface area contributed by atoms with Crippen LogP contribution in [0.25, 0.3) is 6.08 Å². The average molecular weight is 326 g/mol. The predicted octanol–water partition coefficient (Wildman–Crippen LogP) is 3.36. The van der Waals surface area contributed by atoms with E-state index in [1.165, 1.54) is 13.2 Å². The second-order valence-corrected chi connectivity index (χ2v) is 6.43. The molecule has 1 amide bonds. The molecule has 0 unspecified atom stereocenters. The molecule has 24 heavy (non-hydrogen) atoms. The molecule has 1 N–H and O–H groups in total. The highest BCUT2D eigenvalue weighted by atomic mass is 16.5. The van der Waals surface area contributed by atoms with Crippen LogP contribution in [-0.2, 0) is 14.9 Å². The molecular formula is C19H22N2O3. The van der Waals surface area contributed by atoms with Crippen LogP contribution in [-0.4, -0.2) is 23.7 Å². The maximum Gasteiger partial charge on any atom is 0.330 e. The number of aromatic nitrogens is 1. The quantitative estimate of drug-likeness (QED) is 0.692. The summed E-state index contributed by atoms with van der Waals surface area (Å²) in [6.07, 6.45) is 4.60. The third-order valence-corrected chi connectivity index (χ3v) is 3.58. The molecule has 0 atom stereocenters. The maximum absolute atomic E-state index is 12.5. The number of carbonyl (C=O) groups is 2. The first-order chi connectivity index (χ1) is 11.3. The lowest BCUT2D eigenvalue weighted by Crippen LogP contribution is -2.23. The van der Waals surface area contributed by atoms with Crippen molar-refractivity contribution < 1.29 is 14.3 Å². The van der Waals surface area contributed by atoms with Crippen molar-refractivity contribution in [1.29, 1.82) is 0 Å². The molecule has 5 nitrogen and oxygen atoms in total. The summed E-state index contributed by atoms with van der Waals surface area (Å²) in [6.45, 7) is 6.31. The predicted molar refractivity (Wildman–Crippen MR) is 94.3 cm³/mol. The molecule has 0 saturated heterocycles. The van der Waals surface area contributed by atoms with Crippen molar-refractivity contribution in [2.45, 2.75) is 26.2 Å². The van der Waals surface area contributed by atoms with Crippen molar-refractivity contribution in [1.82, 2.24) is 4.68 Å². The highest BCUT2D eigenvalue weighted by Gasteiger charge is 2.16. The van der Waals surface area contributed by atoms with Crippen LogP contribution >= 0.6 is 0 Å². The zero-order chi connectivity index (χ0) is 17.7. The molecule has 5 heteroatoms. The number of carbonyl (C=O) groups excluding carboxylic acids is 2. The molecule has 0 spiro atoms. The lowest BCUT2D eigenvalue weighted by molar-refractivity contribution is -0.134. The number of benzene rings is 1. The van der Waals surface area contributed by atoms with Gasteiger partial charge in [0.05, 0.1) is 12.8 Å². The third-order valence-electron chi connectivity index (χ3n) is 3.58. The number of nitrogens with zero attached hydrogens (tertiary/aromatic N) is 1. The van der Waals surface area contributed by atoms with Gasteiger partial charge in [0.15, 0.2) is 0 Å². The Balaban J connectivity index is 2.18. The van der Waals surface area contributed by atoms with Crippen molar-refractivity contribution in [3.63, 3.8) is 0 Å². The first kappa shape index (κ1) is 17.5. The molecule has 2 rings (SSSR count). The van der Waals surface area contributed by atoms with Crippen LogP contribution in [0.4, 0.5) is 0 Å². The van der Waals surface area contributed by atoms with Crippen LogP contribution in [0.2, 0.25) is 0 Å². The molecule has 0 radical (unpaired) electrons. The summed E-state index contributed by atoms with van der Waals surface area (Å²) in [4.78, 5) is 23.7. The van der Waals surface area contributed by atoms with Gasteiger partial charge in [0.25, 0.3) is 5.91 Å². The second kappa shape index (κ2) is 7.17. The molecule has 1 aromatic heterocycles. The van der Waals surface area contributed by atoms with E-state index >= 15 is 0 Å². The number of hydrogen-bond donors (Lipinski definition) is 1. The van der Waals surface area contributed by atoms with E-state index in [-0.39, 0.29) is 11.3 Å². The maximum atomic E-state index is 12.5. The summed E-state index contributed by atoms with van der Waals surface area (Å²) in [6, 6.07) is 11.1. The van der Waals surface area contributed by atoms with Crippen LogP contribution in [0.1, 0.15) is 42.4 Å². The molecule has 126 valence electrons. The Labute approximate surface area is 141 Å². The van der Waals surface area contributed by atoms with Crippen LogP contribution in [0.3, 0.4) is 0 Å². The minimum Gasteiger partial charge on any atom is -0.466 e. The lowest BCUT2D eigenvalue weighted by Gasteiger charge is -2.19. The Morgan fingerprint density at radius 3 is 2.58 bits per heavy atom. The number of ether oxygens (including phenoxy) is 1. The SMILES string of the molecule is COC(=O)C=Cc1cccn1NC(=O)c1cccc(C(C)(C)C)c1. The van der Waals surface area contributed by atoms with Gasteiger partial charge in [-0.3, -0.25) is 14.9 Å². The van der Waals surface area contributed by atoms with Gasteiger partial charge in [-0.05, 0) is 41.3 Å². The molecule has 0 aliphatic heterocycles. The zero-order valence-corrected chi connectivity index (χ0v) is 14.4. The Hall–Kier alpha value is -2.82. The van der Waals surface area contributed by atoms with E-state index in [0.29, 0.717) is 11.3 Å². The van der Waals surface area contributed by atoms with Gasteiger partial charge >= 0.3 is 5.97 Å². The number of nitrogens with one attached hydrogen (secondary N) is 1. The molecule has 1 aromatic carbocycles. The van der Waals surface area contributed by atoms with Gasteiger partial charge in [0.1, 0.15) is 0 Å². The van der Waals surface area contributed by atoms with Crippen LogP contribution in [0.15, 0.2) is 48.7 Å². The fourth-order valence-electron chi connectivity index (χ4n) is 2.15. The molecule has 0 aliphatic rings. The van der Waals surface area contributed by atoms with Gasteiger partial charge < -0.3 is 4.74 Å². The Morgan fingerprint density at radius 1 is 1.17 bits per heavy atom. The van der Waals surface area contributed by atoms with E-state index in [1.54, 1.807) is 35.1 Å². The molecule has 0 aliphatic carbocycles. The lowest BCUT2D eigenvalue weighted by atomic mass is 9.86. The molecule has 0 bridgehead atoms. The summed E-state index contributed by atoms with van der Waals surface area (Å²) in [5.41, 5.74) is 5.11. The van der Waals surface area contributed by atoms with Gasteiger partial charge in [-0.25, -0.2) is 4.79 Å². The van der Waals surface area contributed by atoms with Crippen LogP contribution < -0.4 is 5.43 Å². The molecule has 0 saturated carbocycles. The second-order valence-electron chi connectivity index (χ2n) is 6.43. The fourth-order valence-corrected chi connectivity index (χ4v) is 2.15. The monoisotopic (exact) mass is 326 g/mol. The van der Waals surface area contributed by atoms with E-state index in [9.17, 15) is 9.59 Å². The largest absolute Gasteiger partial charge is 0.466 e. The Kier molecular flexibility index (Phi) is 5.24. The highest BCUT2D eigenvalue weighted by Crippen LogP contribution is 2.22. The van der Waals surface area contributed by atoms with Crippen molar-refractivity contribution in [2.24, 2.45) is 0 Å². The average Bonchev–Trinajstić information content (AvgIpc) is 2.99. The summed E-state index contributed by atoms with van der Waals surface area (Å²) in [5.74, 6) is -0.669. The summed E-state index contributed by atoms with van der Waals surface area (Å²) < 4.78 is 6.12. The number of hydrogen-bond acceptors (Lipinski definition) is 3. The van der Waals surface area contributed by atoms with Crippen LogP contribution in [0, 0.1) is 0 Å². The molecule has 1 heterocycles. The van der Waals surface area contributed by atoms with E-state index in [0.717, 1.165) is 5.56 Å². The smallest absolute Gasteiger partial charge is 0.330 e. The van der Waals surface area contributed by atoms with E-state index in [4.69, 9.17) is 0 Å². The Morgan fingerprint density at radius 2 is 1.92 bits per heavy atom. The summed E-state index contributed by atoms with van der Waals surface area (Å²) in [5, 5.41) is 0. The molecule has 0 fully saturated rings. The van der Waals surface area contributed by atoms with Crippen molar-refractivity contribution in [3.05, 3.63) is 65.5 Å². The van der Waals surface area contributed by atoms with Crippen molar-refractivity contribution in [2.75, 3.05) is 12.5 Å². The van der Waals surface area contributed by atoms with Gasteiger partial charge in [-0.15, -0.1) is 0 Å². The highest BCUT2D eigenvalue weighted by molar-refractivity contribution is 6.00. The van der Waals surface area contributed by atoms with Gasteiger partial charge in [-0.1, -0.05) is 32.9 Å². The van der Waals surface area contributed by atoms with E-state index in [2.05, 4.69) is 30.9 Å². The van der Waals surface area contributed by atoms with Crippen molar-refractivity contribution in [3.8, 4) is 0 Å². The van der Waals surface area contributed by atoms with E-state index in [1.807, 2.05) is 18.2 Å². The van der Waals surface area contributed by atoms with Gasteiger partial charge in [0, 0.05) is 17.8 Å². The molecule has 2 aromatic rings.